The Labute approximate surface area is 98.0 Å². The maximum absolute atomic E-state index is 4.98. The lowest BCUT2D eigenvalue weighted by Gasteiger charge is -2.23. The van der Waals surface area contributed by atoms with Crippen LogP contribution in [0.1, 0.15) is 39.5 Å². The van der Waals surface area contributed by atoms with Crippen LogP contribution in [0.3, 0.4) is 0 Å². The molecule has 0 aromatic rings. The van der Waals surface area contributed by atoms with Gasteiger partial charge < -0.3 is 0 Å². The van der Waals surface area contributed by atoms with E-state index in [1.807, 2.05) is 0 Å². The lowest BCUT2D eigenvalue weighted by atomic mass is 10.3. The first-order valence-electron chi connectivity index (χ1n) is 5.22. The third kappa shape index (κ3) is 7.55. The SMILES string of the molecule is CCCCNN(NCCCC)C(=S)S. The van der Waals surface area contributed by atoms with Gasteiger partial charge in [-0.3, -0.25) is 0 Å². The van der Waals surface area contributed by atoms with E-state index in [4.69, 9.17) is 12.2 Å². The molecule has 0 radical (unpaired) electrons. The first-order chi connectivity index (χ1) is 6.72. The van der Waals surface area contributed by atoms with Crippen LogP contribution in [0.4, 0.5) is 0 Å². The fourth-order valence-corrected chi connectivity index (χ4v) is 1.20. The maximum Gasteiger partial charge on any atom is 0.163 e. The molecule has 0 bridgehead atoms. The molecule has 14 heavy (non-hydrogen) atoms. The summed E-state index contributed by atoms with van der Waals surface area (Å²) in [5.74, 6) is 0. The van der Waals surface area contributed by atoms with Crippen molar-refractivity contribution in [2.45, 2.75) is 39.5 Å². The Balaban J connectivity index is 3.61. The number of hydrogen-bond acceptors (Lipinski definition) is 3. The van der Waals surface area contributed by atoms with Crippen molar-refractivity contribution in [3.05, 3.63) is 0 Å². The minimum atomic E-state index is 0.539. The Kier molecular flexibility index (Phi) is 9.82. The summed E-state index contributed by atoms with van der Waals surface area (Å²) in [5.41, 5.74) is 6.37. The average molecular weight is 235 g/mol. The zero-order valence-electron chi connectivity index (χ0n) is 9.05. The summed E-state index contributed by atoms with van der Waals surface area (Å²) in [7, 11) is 0. The third-order valence-electron chi connectivity index (χ3n) is 1.79. The van der Waals surface area contributed by atoms with E-state index in [-0.39, 0.29) is 0 Å². The highest BCUT2D eigenvalue weighted by Crippen LogP contribution is 1.92. The van der Waals surface area contributed by atoms with Crippen LogP contribution in [-0.4, -0.2) is 22.5 Å². The molecule has 0 aliphatic heterocycles. The Morgan fingerprint density at radius 2 is 1.57 bits per heavy atom. The van der Waals surface area contributed by atoms with E-state index in [1.54, 1.807) is 5.12 Å². The van der Waals surface area contributed by atoms with Crippen molar-refractivity contribution in [2.75, 3.05) is 13.1 Å². The molecule has 0 saturated carbocycles. The number of nitrogens with zero attached hydrogens (tertiary/aromatic N) is 1. The first kappa shape index (κ1) is 14.2. The molecular weight excluding hydrogens is 214 g/mol. The number of rotatable bonds is 8. The van der Waals surface area contributed by atoms with Gasteiger partial charge in [-0.1, -0.05) is 26.7 Å². The molecule has 3 nitrogen and oxygen atoms in total. The predicted octanol–water partition coefficient (Wildman–Crippen LogP) is 2.11. The van der Waals surface area contributed by atoms with Gasteiger partial charge in [-0.15, -0.1) is 12.6 Å². The molecular formula is C9H21N3S2. The van der Waals surface area contributed by atoms with Crippen LogP contribution in [0.15, 0.2) is 0 Å². The van der Waals surface area contributed by atoms with E-state index in [2.05, 4.69) is 37.3 Å². The Hall–Kier alpha value is 0.160. The van der Waals surface area contributed by atoms with Gasteiger partial charge in [0.05, 0.1) is 0 Å². The molecule has 2 N–H and O–H groups in total. The van der Waals surface area contributed by atoms with Gasteiger partial charge in [0.15, 0.2) is 4.32 Å². The van der Waals surface area contributed by atoms with E-state index in [9.17, 15) is 0 Å². The quantitative estimate of drug-likeness (QED) is 0.260. The smallest absolute Gasteiger partial charge is 0.163 e. The third-order valence-corrected chi connectivity index (χ3v) is 2.17. The summed E-state index contributed by atoms with van der Waals surface area (Å²) in [6.07, 6.45) is 4.63. The normalized spacial score (nSPS) is 10.2. The molecule has 0 aliphatic carbocycles. The Morgan fingerprint density at radius 3 is 1.86 bits per heavy atom. The average Bonchev–Trinajstić information content (AvgIpc) is 2.15. The summed E-state index contributed by atoms with van der Waals surface area (Å²) in [5, 5.41) is 1.73. The van der Waals surface area contributed by atoms with E-state index in [1.165, 1.54) is 12.8 Å². The lowest BCUT2D eigenvalue weighted by Crippen LogP contribution is -2.50. The van der Waals surface area contributed by atoms with Gasteiger partial charge in [0.2, 0.25) is 0 Å². The van der Waals surface area contributed by atoms with Crippen LogP contribution >= 0.6 is 24.8 Å². The van der Waals surface area contributed by atoms with Gasteiger partial charge in [-0.2, -0.15) is 0 Å². The van der Waals surface area contributed by atoms with Crippen molar-refractivity contribution in [2.24, 2.45) is 0 Å². The minimum Gasteiger partial charge on any atom is -0.224 e. The van der Waals surface area contributed by atoms with Crippen LogP contribution in [0.25, 0.3) is 0 Å². The maximum atomic E-state index is 4.98. The molecule has 84 valence electrons. The molecule has 0 aliphatic rings. The summed E-state index contributed by atoms with van der Waals surface area (Å²) in [6, 6.07) is 0. The number of nitrogens with one attached hydrogen (secondary N) is 2. The number of unbranched alkanes of at least 4 members (excludes halogenated alkanes) is 2. The van der Waals surface area contributed by atoms with Crippen molar-refractivity contribution in [1.29, 1.82) is 0 Å². The van der Waals surface area contributed by atoms with Crippen LogP contribution in [0.5, 0.6) is 0 Å². The summed E-state index contributed by atoms with van der Waals surface area (Å²) >= 11 is 9.11. The predicted molar refractivity (Wildman–Crippen MR) is 69.2 cm³/mol. The molecule has 0 amide bonds. The highest BCUT2D eigenvalue weighted by Gasteiger charge is 2.02. The zero-order valence-corrected chi connectivity index (χ0v) is 10.8. The van der Waals surface area contributed by atoms with Crippen molar-refractivity contribution in [1.82, 2.24) is 16.0 Å². The molecule has 0 aromatic heterocycles. The fourth-order valence-electron chi connectivity index (χ4n) is 0.926. The van der Waals surface area contributed by atoms with Crippen LogP contribution in [0.2, 0.25) is 0 Å². The van der Waals surface area contributed by atoms with Crippen LogP contribution in [-0.2, 0) is 0 Å². The zero-order chi connectivity index (χ0) is 10.8. The Bertz CT molecular complexity index is 143. The van der Waals surface area contributed by atoms with E-state index in [0.29, 0.717) is 4.32 Å². The van der Waals surface area contributed by atoms with Crippen LogP contribution < -0.4 is 10.9 Å². The molecule has 0 atom stereocenters. The highest BCUT2D eigenvalue weighted by molar-refractivity contribution is 8.10. The number of hydrogen-bond donors (Lipinski definition) is 3. The van der Waals surface area contributed by atoms with Gasteiger partial charge in [0, 0.05) is 13.1 Å². The van der Waals surface area contributed by atoms with Gasteiger partial charge in [0.1, 0.15) is 0 Å². The van der Waals surface area contributed by atoms with E-state index >= 15 is 0 Å². The number of thiol groups is 1. The summed E-state index contributed by atoms with van der Waals surface area (Å²) in [4.78, 5) is 0. The summed E-state index contributed by atoms with van der Waals surface area (Å²) < 4.78 is 0.539. The van der Waals surface area contributed by atoms with Crippen molar-refractivity contribution >= 4 is 29.2 Å². The van der Waals surface area contributed by atoms with Gasteiger partial charge >= 0.3 is 0 Å². The van der Waals surface area contributed by atoms with Crippen molar-refractivity contribution in [3.8, 4) is 0 Å². The van der Waals surface area contributed by atoms with E-state index in [0.717, 1.165) is 25.9 Å². The largest absolute Gasteiger partial charge is 0.224 e. The number of hydrazine groups is 2. The van der Waals surface area contributed by atoms with Gasteiger partial charge in [-0.05, 0) is 25.1 Å². The number of thiocarbonyl (C=S) groups is 1. The molecule has 0 aromatic carbocycles. The van der Waals surface area contributed by atoms with Gasteiger partial charge in [0.25, 0.3) is 0 Å². The molecule has 0 saturated heterocycles. The fraction of sp³-hybridized carbons (Fsp3) is 0.889. The second kappa shape index (κ2) is 9.71. The first-order valence-corrected chi connectivity index (χ1v) is 6.08. The van der Waals surface area contributed by atoms with E-state index < -0.39 is 0 Å². The minimum absolute atomic E-state index is 0.539. The highest BCUT2D eigenvalue weighted by atomic mass is 32.1. The second-order valence-electron chi connectivity index (χ2n) is 3.14. The Morgan fingerprint density at radius 1 is 1.14 bits per heavy atom. The van der Waals surface area contributed by atoms with Gasteiger partial charge in [-0.25, -0.2) is 16.0 Å². The monoisotopic (exact) mass is 235 g/mol. The molecule has 0 fully saturated rings. The second-order valence-corrected chi connectivity index (χ2v) is 4.25. The topological polar surface area (TPSA) is 27.3 Å². The molecule has 0 spiro atoms. The summed E-state index contributed by atoms with van der Waals surface area (Å²) in [6.45, 7) is 6.18. The molecule has 0 heterocycles. The lowest BCUT2D eigenvalue weighted by molar-refractivity contribution is 0.227. The molecule has 0 rings (SSSR count). The standard InChI is InChI=1S/C9H21N3S2/c1-3-5-7-10-12(9(13)14)11-8-6-4-2/h10-11H,3-8H2,1-2H3,(H,13,14). The van der Waals surface area contributed by atoms with Crippen molar-refractivity contribution in [3.63, 3.8) is 0 Å². The molecule has 0 unspecified atom stereocenters. The van der Waals surface area contributed by atoms with Crippen LogP contribution in [0, 0.1) is 0 Å². The van der Waals surface area contributed by atoms with Crippen molar-refractivity contribution < 1.29 is 0 Å². The molecule has 5 heteroatoms.